The van der Waals surface area contributed by atoms with Crippen LogP contribution >= 0.6 is 11.6 Å². The van der Waals surface area contributed by atoms with Crippen LogP contribution in [-0.4, -0.2) is 19.5 Å². The standard InChI is InChI=1S/C16H16ClN5/c1-12-20-14(17)9-15(21-12)19-10-16-18-7-8-22(16)11-13-5-3-2-4-6-13/h2-9H,10-11H2,1H3,(H,19,20,21). The van der Waals surface area contributed by atoms with Gasteiger partial charge < -0.3 is 9.88 Å². The largest absolute Gasteiger partial charge is 0.363 e. The van der Waals surface area contributed by atoms with Crippen molar-refractivity contribution < 1.29 is 0 Å². The fraction of sp³-hybridized carbons (Fsp3) is 0.188. The first kappa shape index (κ1) is 14.5. The van der Waals surface area contributed by atoms with Gasteiger partial charge in [-0.25, -0.2) is 15.0 Å². The van der Waals surface area contributed by atoms with E-state index in [1.54, 1.807) is 12.3 Å². The maximum Gasteiger partial charge on any atom is 0.134 e. The molecule has 5 nitrogen and oxygen atoms in total. The molecule has 0 saturated heterocycles. The van der Waals surface area contributed by atoms with Crippen molar-refractivity contribution >= 4 is 17.4 Å². The minimum atomic E-state index is 0.433. The molecule has 3 aromatic rings. The van der Waals surface area contributed by atoms with Crippen LogP contribution in [0.2, 0.25) is 5.15 Å². The van der Waals surface area contributed by atoms with Gasteiger partial charge in [0.05, 0.1) is 6.54 Å². The molecule has 112 valence electrons. The van der Waals surface area contributed by atoms with Crippen molar-refractivity contribution in [1.29, 1.82) is 0 Å². The van der Waals surface area contributed by atoms with Crippen LogP contribution in [0.25, 0.3) is 0 Å². The second kappa shape index (κ2) is 6.58. The minimum absolute atomic E-state index is 0.433. The summed E-state index contributed by atoms with van der Waals surface area (Å²) < 4.78 is 2.11. The Balaban J connectivity index is 1.70. The number of rotatable bonds is 5. The summed E-state index contributed by atoms with van der Waals surface area (Å²) in [4.78, 5) is 12.7. The summed E-state index contributed by atoms with van der Waals surface area (Å²) >= 11 is 5.94. The molecule has 1 aromatic carbocycles. The van der Waals surface area contributed by atoms with Gasteiger partial charge in [0.1, 0.15) is 22.6 Å². The zero-order valence-corrected chi connectivity index (χ0v) is 13.0. The lowest BCUT2D eigenvalue weighted by atomic mass is 10.2. The highest BCUT2D eigenvalue weighted by atomic mass is 35.5. The lowest BCUT2D eigenvalue weighted by Crippen LogP contribution is -2.10. The molecule has 1 N–H and O–H groups in total. The van der Waals surface area contributed by atoms with Crippen molar-refractivity contribution in [3.05, 3.63) is 71.2 Å². The Morgan fingerprint density at radius 2 is 2.00 bits per heavy atom. The van der Waals surface area contributed by atoms with Gasteiger partial charge in [-0.2, -0.15) is 0 Å². The molecule has 0 saturated carbocycles. The van der Waals surface area contributed by atoms with Gasteiger partial charge in [0.15, 0.2) is 0 Å². The Hall–Kier alpha value is -2.40. The Labute approximate surface area is 134 Å². The molecule has 0 atom stereocenters. The SMILES string of the molecule is Cc1nc(Cl)cc(NCc2nccn2Cc2ccccc2)n1. The summed E-state index contributed by atoms with van der Waals surface area (Å²) in [5.74, 6) is 2.28. The highest BCUT2D eigenvalue weighted by Gasteiger charge is 2.05. The molecule has 6 heteroatoms. The van der Waals surface area contributed by atoms with Gasteiger partial charge >= 0.3 is 0 Å². The van der Waals surface area contributed by atoms with Crippen molar-refractivity contribution in [1.82, 2.24) is 19.5 Å². The molecule has 3 rings (SSSR count). The normalized spacial score (nSPS) is 10.6. The van der Waals surface area contributed by atoms with Crippen molar-refractivity contribution in [3.63, 3.8) is 0 Å². The third-order valence-corrected chi connectivity index (χ3v) is 3.43. The second-order valence-corrected chi connectivity index (χ2v) is 5.32. The van der Waals surface area contributed by atoms with Crippen LogP contribution in [0.5, 0.6) is 0 Å². The summed E-state index contributed by atoms with van der Waals surface area (Å²) in [5.41, 5.74) is 1.24. The molecule has 0 aliphatic rings. The summed E-state index contributed by atoms with van der Waals surface area (Å²) in [5, 5.41) is 3.67. The number of anilines is 1. The highest BCUT2D eigenvalue weighted by molar-refractivity contribution is 6.29. The molecule has 0 radical (unpaired) electrons. The molecule has 0 amide bonds. The highest BCUT2D eigenvalue weighted by Crippen LogP contribution is 2.12. The molecule has 0 aliphatic carbocycles. The van der Waals surface area contributed by atoms with Crippen molar-refractivity contribution in [2.75, 3.05) is 5.32 Å². The Kier molecular flexibility index (Phi) is 4.34. The van der Waals surface area contributed by atoms with E-state index in [4.69, 9.17) is 11.6 Å². The Bertz CT molecular complexity index is 734. The first-order valence-electron chi connectivity index (χ1n) is 7.00. The predicted octanol–water partition coefficient (Wildman–Crippen LogP) is 3.30. The number of hydrogen-bond donors (Lipinski definition) is 1. The van der Waals surface area contributed by atoms with E-state index in [-0.39, 0.29) is 0 Å². The number of aryl methyl sites for hydroxylation is 1. The Morgan fingerprint density at radius 3 is 2.77 bits per heavy atom. The minimum Gasteiger partial charge on any atom is -0.363 e. The van der Waals surface area contributed by atoms with Crippen LogP contribution in [0.3, 0.4) is 0 Å². The van der Waals surface area contributed by atoms with E-state index in [2.05, 4.69) is 37.0 Å². The number of hydrogen-bond acceptors (Lipinski definition) is 4. The average Bonchev–Trinajstić information content (AvgIpc) is 2.92. The maximum atomic E-state index is 5.94. The van der Waals surface area contributed by atoms with E-state index < -0.39 is 0 Å². The zero-order valence-electron chi connectivity index (χ0n) is 12.2. The van der Waals surface area contributed by atoms with Crippen molar-refractivity contribution in [2.45, 2.75) is 20.0 Å². The molecule has 0 unspecified atom stereocenters. The molecule has 0 fully saturated rings. The van der Waals surface area contributed by atoms with Crippen molar-refractivity contribution in [3.8, 4) is 0 Å². The van der Waals surface area contributed by atoms with Gasteiger partial charge in [-0.3, -0.25) is 0 Å². The molecular formula is C16H16ClN5. The van der Waals surface area contributed by atoms with Gasteiger partial charge in [-0.15, -0.1) is 0 Å². The summed E-state index contributed by atoms with van der Waals surface area (Å²) in [6.45, 7) is 3.18. The third-order valence-electron chi connectivity index (χ3n) is 3.23. The third kappa shape index (κ3) is 3.62. The average molecular weight is 314 g/mol. The predicted molar refractivity (Wildman–Crippen MR) is 86.9 cm³/mol. The van der Waals surface area contributed by atoms with Gasteiger partial charge in [0.2, 0.25) is 0 Å². The lowest BCUT2D eigenvalue weighted by molar-refractivity contribution is 0.734. The number of nitrogens with zero attached hydrogens (tertiary/aromatic N) is 4. The second-order valence-electron chi connectivity index (χ2n) is 4.93. The first-order valence-corrected chi connectivity index (χ1v) is 7.37. The van der Waals surface area contributed by atoms with Gasteiger partial charge in [0.25, 0.3) is 0 Å². The van der Waals surface area contributed by atoms with Crippen LogP contribution in [0.1, 0.15) is 17.2 Å². The smallest absolute Gasteiger partial charge is 0.134 e. The van der Waals surface area contributed by atoms with Gasteiger partial charge in [0, 0.05) is 25.0 Å². The zero-order chi connectivity index (χ0) is 15.4. The number of halogens is 1. The number of benzene rings is 1. The quantitative estimate of drug-likeness (QED) is 0.734. The maximum absolute atomic E-state index is 5.94. The number of imidazole rings is 1. The molecule has 2 aromatic heterocycles. The van der Waals surface area contributed by atoms with E-state index in [0.717, 1.165) is 12.4 Å². The molecule has 2 heterocycles. The molecule has 0 bridgehead atoms. The fourth-order valence-electron chi connectivity index (χ4n) is 2.22. The summed E-state index contributed by atoms with van der Waals surface area (Å²) in [6, 6.07) is 12.0. The lowest BCUT2D eigenvalue weighted by Gasteiger charge is -2.10. The van der Waals surface area contributed by atoms with E-state index in [1.807, 2.05) is 31.3 Å². The summed E-state index contributed by atoms with van der Waals surface area (Å²) in [6.07, 6.45) is 3.78. The number of aromatic nitrogens is 4. The summed E-state index contributed by atoms with van der Waals surface area (Å²) in [7, 11) is 0. The van der Waals surface area contributed by atoms with Crippen LogP contribution in [0.4, 0.5) is 5.82 Å². The fourth-order valence-corrected chi connectivity index (χ4v) is 2.45. The monoisotopic (exact) mass is 313 g/mol. The van der Waals surface area contributed by atoms with E-state index in [9.17, 15) is 0 Å². The Morgan fingerprint density at radius 1 is 1.18 bits per heavy atom. The molecule has 0 spiro atoms. The molecule has 22 heavy (non-hydrogen) atoms. The van der Waals surface area contributed by atoms with E-state index in [0.29, 0.717) is 23.3 Å². The van der Waals surface area contributed by atoms with Crippen molar-refractivity contribution in [2.24, 2.45) is 0 Å². The topological polar surface area (TPSA) is 55.6 Å². The van der Waals surface area contributed by atoms with E-state index in [1.165, 1.54) is 5.56 Å². The van der Waals surface area contributed by atoms with Gasteiger partial charge in [-0.05, 0) is 12.5 Å². The van der Waals surface area contributed by atoms with E-state index >= 15 is 0 Å². The van der Waals surface area contributed by atoms with Crippen LogP contribution in [0, 0.1) is 6.92 Å². The molecule has 0 aliphatic heterocycles. The molecular weight excluding hydrogens is 298 g/mol. The van der Waals surface area contributed by atoms with Gasteiger partial charge in [-0.1, -0.05) is 41.9 Å². The van der Waals surface area contributed by atoms with Crippen LogP contribution in [-0.2, 0) is 13.1 Å². The number of nitrogens with one attached hydrogen (secondary N) is 1. The van der Waals surface area contributed by atoms with Crippen LogP contribution in [0.15, 0.2) is 48.8 Å². The first-order chi connectivity index (χ1) is 10.7. The van der Waals surface area contributed by atoms with Crippen LogP contribution < -0.4 is 5.32 Å².